The van der Waals surface area contributed by atoms with Gasteiger partial charge in [-0.1, -0.05) is 0 Å². The van der Waals surface area contributed by atoms with E-state index in [0.717, 1.165) is 42.5 Å². The highest BCUT2D eigenvalue weighted by atomic mass is 32.2. The van der Waals surface area contributed by atoms with Crippen molar-refractivity contribution < 1.29 is 4.74 Å². The Labute approximate surface area is 124 Å². The number of guanidine groups is 1. The first-order valence-corrected chi connectivity index (χ1v) is 7.75. The van der Waals surface area contributed by atoms with E-state index in [1.54, 1.807) is 25.1 Å². The predicted molar refractivity (Wildman–Crippen MR) is 84.4 cm³/mol. The number of nitrogens with zero attached hydrogens (tertiary/aromatic N) is 1. The highest BCUT2D eigenvalue weighted by Gasteiger charge is 2.03. The van der Waals surface area contributed by atoms with Gasteiger partial charge < -0.3 is 21.1 Å². The largest absolute Gasteiger partial charge is 0.495 e. The first-order chi connectivity index (χ1) is 9.77. The summed E-state index contributed by atoms with van der Waals surface area (Å²) in [6.45, 7) is 2.12. The van der Waals surface area contributed by atoms with E-state index >= 15 is 0 Å². The summed E-state index contributed by atoms with van der Waals surface area (Å²) in [5.41, 5.74) is 6.34. The number of nitrogens with one attached hydrogen (secondary N) is 3. The number of aromatic nitrogens is 1. The van der Waals surface area contributed by atoms with Crippen LogP contribution in [0.15, 0.2) is 18.3 Å². The molecule has 0 aromatic carbocycles. The average molecular weight is 297 g/mol. The Balaban J connectivity index is 2.11. The molecule has 5 N–H and O–H groups in total. The number of ether oxygens (including phenoxy) is 1. The third-order valence-corrected chi connectivity index (χ3v) is 3.51. The molecular formula is C13H23N5OS. The van der Waals surface area contributed by atoms with Gasteiger partial charge in [0.05, 0.1) is 12.8 Å². The average Bonchev–Trinajstić information content (AvgIpc) is 2.47. The lowest BCUT2D eigenvalue weighted by Crippen LogP contribution is -2.38. The standard InChI is InChI=1S/C13H23N5OS/c1-19-12-4-2-6-16-11(12)10-20-9-8-18-13(15)17-7-3-5-14/h2,4,6H,3,5,7-10,14H2,1H3,(H3,15,17,18). The van der Waals surface area contributed by atoms with Gasteiger partial charge in [-0.2, -0.15) is 11.8 Å². The Morgan fingerprint density at radius 1 is 1.45 bits per heavy atom. The van der Waals surface area contributed by atoms with Gasteiger partial charge in [-0.05, 0) is 25.1 Å². The number of nitrogens with two attached hydrogens (primary N) is 1. The zero-order valence-electron chi connectivity index (χ0n) is 11.8. The van der Waals surface area contributed by atoms with Crippen molar-refractivity contribution in [3.8, 4) is 5.75 Å². The molecular weight excluding hydrogens is 274 g/mol. The molecule has 112 valence electrons. The summed E-state index contributed by atoms with van der Waals surface area (Å²) >= 11 is 1.76. The summed E-state index contributed by atoms with van der Waals surface area (Å²) in [5.74, 6) is 2.89. The Kier molecular flexibility index (Phi) is 8.57. The lowest BCUT2D eigenvalue weighted by atomic mass is 10.3. The molecule has 0 aliphatic carbocycles. The van der Waals surface area contributed by atoms with Gasteiger partial charge in [0.25, 0.3) is 0 Å². The van der Waals surface area contributed by atoms with Gasteiger partial charge >= 0.3 is 0 Å². The summed E-state index contributed by atoms with van der Waals surface area (Å²) in [5, 5.41) is 13.6. The molecule has 20 heavy (non-hydrogen) atoms. The number of hydrogen-bond acceptors (Lipinski definition) is 5. The van der Waals surface area contributed by atoms with Crippen LogP contribution in [0.2, 0.25) is 0 Å². The number of methoxy groups -OCH3 is 1. The molecule has 6 nitrogen and oxygen atoms in total. The molecule has 0 bridgehead atoms. The topological polar surface area (TPSA) is 96.0 Å². The lowest BCUT2D eigenvalue weighted by Gasteiger charge is -2.10. The Morgan fingerprint density at radius 2 is 2.25 bits per heavy atom. The van der Waals surface area contributed by atoms with Gasteiger partial charge in [-0.3, -0.25) is 10.4 Å². The second kappa shape index (κ2) is 10.3. The maximum Gasteiger partial charge on any atom is 0.188 e. The Morgan fingerprint density at radius 3 is 3.00 bits per heavy atom. The van der Waals surface area contributed by atoms with E-state index < -0.39 is 0 Å². The van der Waals surface area contributed by atoms with Crippen molar-refractivity contribution in [3.05, 3.63) is 24.0 Å². The lowest BCUT2D eigenvalue weighted by molar-refractivity contribution is 0.409. The molecule has 1 aromatic rings. The van der Waals surface area contributed by atoms with Crippen LogP contribution in [-0.2, 0) is 5.75 Å². The number of pyridine rings is 1. The van der Waals surface area contributed by atoms with Crippen molar-refractivity contribution in [1.29, 1.82) is 5.41 Å². The minimum absolute atomic E-state index is 0.356. The van der Waals surface area contributed by atoms with E-state index in [-0.39, 0.29) is 0 Å². The maximum atomic E-state index is 7.63. The van der Waals surface area contributed by atoms with E-state index in [1.165, 1.54) is 0 Å². The predicted octanol–water partition coefficient (Wildman–Crippen LogP) is 0.786. The fourth-order valence-corrected chi connectivity index (χ4v) is 2.31. The van der Waals surface area contributed by atoms with Crippen molar-refractivity contribution in [2.45, 2.75) is 12.2 Å². The fourth-order valence-electron chi connectivity index (χ4n) is 1.51. The van der Waals surface area contributed by atoms with E-state index in [1.807, 2.05) is 12.1 Å². The molecule has 1 aromatic heterocycles. The third kappa shape index (κ3) is 6.63. The van der Waals surface area contributed by atoms with Crippen LogP contribution in [0.3, 0.4) is 0 Å². The Hall–Kier alpha value is -1.47. The quantitative estimate of drug-likeness (QED) is 0.306. The summed E-state index contributed by atoms with van der Waals surface area (Å²) in [6, 6.07) is 3.78. The van der Waals surface area contributed by atoms with Crippen LogP contribution >= 0.6 is 11.8 Å². The van der Waals surface area contributed by atoms with E-state index in [4.69, 9.17) is 15.9 Å². The van der Waals surface area contributed by atoms with Crippen molar-refractivity contribution >= 4 is 17.7 Å². The zero-order valence-corrected chi connectivity index (χ0v) is 12.6. The smallest absolute Gasteiger partial charge is 0.188 e. The highest BCUT2D eigenvalue weighted by Crippen LogP contribution is 2.19. The van der Waals surface area contributed by atoms with Gasteiger partial charge in [-0.15, -0.1) is 0 Å². The molecule has 7 heteroatoms. The summed E-state index contributed by atoms with van der Waals surface area (Å²) in [7, 11) is 1.65. The van der Waals surface area contributed by atoms with Gasteiger partial charge in [0.1, 0.15) is 5.75 Å². The highest BCUT2D eigenvalue weighted by molar-refractivity contribution is 7.98. The van der Waals surface area contributed by atoms with Crippen LogP contribution in [0.4, 0.5) is 0 Å². The number of thioether (sulfide) groups is 1. The van der Waals surface area contributed by atoms with Gasteiger partial charge in [0, 0.05) is 30.8 Å². The third-order valence-electron chi connectivity index (χ3n) is 2.54. The van der Waals surface area contributed by atoms with Crippen molar-refractivity contribution in [2.24, 2.45) is 5.73 Å². The Bertz CT molecular complexity index is 402. The van der Waals surface area contributed by atoms with Crippen molar-refractivity contribution in [2.75, 3.05) is 32.5 Å². The van der Waals surface area contributed by atoms with Crippen LogP contribution in [0, 0.1) is 5.41 Å². The van der Waals surface area contributed by atoms with Crippen LogP contribution in [0.1, 0.15) is 12.1 Å². The molecule has 0 spiro atoms. The number of rotatable bonds is 9. The monoisotopic (exact) mass is 297 g/mol. The van der Waals surface area contributed by atoms with Gasteiger partial charge in [0.2, 0.25) is 0 Å². The van der Waals surface area contributed by atoms with Gasteiger partial charge in [-0.25, -0.2) is 0 Å². The minimum Gasteiger partial charge on any atom is -0.495 e. The van der Waals surface area contributed by atoms with Crippen LogP contribution in [-0.4, -0.2) is 43.4 Å². The van der Waals surface area contributed by atoms with E-state index in [2.05, 4.69) is 15.6 Å². The second-order valence-corrected chi connectivity index (χ2v) is 5.18. The SMILES string of the molecule is COc1cccnc1CSCCNC(=N)NCCCN. The molecule has 0 unspecified atom stereocenters. The molecule has 1 heterocycles. The molecule has 0 aliphatic heterocycles. The van der Waals surface area contributed by atoms with Crippen LogP contribution < -0.4 is 21.1 Å². The van der Waals surface area contributed by atoms with E-state index in [9.17, 15) is 0 Å². The normalized spacial score (nSPS) is 10.1. The molecule has 1 rings (SSSR count). The van der Waals surface area contributed by atoms with Crippen LogP contribution in [0.25, 0.3) is 0 Å². The first kappa shape index (κ1) is 16.6. The van der Waals surface area contributed by atoms with Crippen molar-refractivity contribution in [3.63, 3.8) is 0 Å². The van der Waals surface area contributed by atoms with E-state index in [0.29, 0.717) is 12.5 Å². The van der Waals surface area contributed by atoms with Crippen LogP contribution in [0.5, 0.6) is 5.75 Å². The fraction of sp³-hybridized carbons (Fsp3) is 0.538. The summed E-state index contributed by atoms with van der Waals surface area (Å²) in [6.07, 6.45) is 2.64. The molecule has 0 saturated heterocycles. The number of hydrogen-bond donors (Lipinski definition) is 4. The minimum atomic E-state index is 0.356. The molecule has 0 amide bonds. The maximum absolute atomic E-state index is 7.63. The zero-order chi connectivity index (χ0) is 14.6. The summed E-state index contributed by atoms with van der Waals surface area (Å²) in [4.78, 5) is 4.30. The molecule has 0 saturated carbocycles. The molecule has 0 aliphatic rings. The molecule has 0 radical (unpaired) electrons. The van der Waals surface area contributed by atoms with Crippen molar-refractivity contribution in [1.82, 2.24) is 15.6 Å². The summed E-state index contributed by atoms with van der Waals surface area (Å²) < 4.78 is 5.25. The molecule has 0 atom stereocenters. The second-order valence-electron chi connectivity index (χ2n) is 4.08. The van der Waals surface area contributed by atoms with Gasteiger partial charge in [0.15, 0.2) is 5.96 Å². The first-order valence-electron chi connectivity index (χ1n) is 6.60. The molecule has 0 fully saturated rings.